The smallest absolute Gasteiger partial charge is 0.306 e. The second kappa shape index (κ2) is 27.0. The molecule has 0 amide bonds. The molecule has 0 aromatic carbocycles. The van der Waals surface area contributed by atoms with E-state index < -0.39 is 6.10 Å². The van der Waals surface area contributed by atoms with Gasteiger partial charge in [0.2, 0.25) is 0 Å². The monoisotopic (exact) mass is 541 g/mol. The molecule has 0 saturated heterocycles. The summed E-state index contributed by atoms with van der Waals surface area (Å²) in [5, 5.41) is 0. The fraction of sp³-hybridized carbons (Fsp3) is 0.903. The van der Waals surface area contributed by atoms with Gasteiger partial charge in [0.05, 0.1) is 0 Å². The van der Waals surface area contributed by atoms with Crippen LogP contribution in [-0.4, -0.2) is 62.8 Å². The Kier molecular flexibility index (Phi) is 25.8. The third kappa shape index (κ3) is 26.0. The molecule has 224 valence electrons. The molecule has 7 heteroatoms. The normalized spacial score (nSPS) is 11.9. The average Bonchev–Trinajstić information content (AvgIpc) is 2.88. The van der Waals surface area contributed by atoms with Crippen LogP contribution in [0.5, 0.6) is 0 Å². The van der Waals surface area contributed by atoms with E-state index in [1.165, 1.54) is 64.2 Å². The summed E-state index contributed by atoms with van der Waals surface area (Å²) in [7, 11) is 3.91. The number of rotatable bonds is 27. The Morgan fingerprint density at radius 1 is 0.526 bits per heavy atom. The van der Waals surface area contributed by atoms with Crippen molar-refractivity contribution in [2.45, 2.75) is 148 Å². The number of carbonyl (C=O) groups is 3. The van der Waals surface area contributed by atoms with Crippen LogP contribution in [0.2, 0.25) is 0 Å². The predicted molar refractivity (Wildman–Crippen MR) is 154 cm³/mol. The van der Waals surface area contributed by atoms with Crippen molar-refractivity contribution in [1.82, 2.24) is 4.90 Å². The minimum absolute atomic E-state index is 0.0794. The molecule has 0 aliphatic carbocycles. The van der Waals surface area contributed by atoms with E-state index >= 15 is 0 Å². The molecule has 0 fully saturated rings. The molecule has 0 aromatic heterocycles. The van der Waals surface area contributed by atoms with Crippen LogP contribution in [-0.2, 0) is 28.6 Å². The summed E-state index contributed by atoms with van der Waals surface area (Å²) in [4.78, 5) is 38.7. The molecule has 0 spiro atoms. The molecular formula is C31H59NO6. The van der Waals surface area contributed by atoms with Gasteiger partial charge in [-0.05, 0) is 39.9 Å². The van der Waals surface area contributed by atoms with Gasteiger partial charge in [-0.2, -0.15) is 0 Å². The predicted octanol–water partition coefficient (Wildman–Crippen LogP) is 7.39. The van der Waals surface area contributed by atoms with E-state index in [1.807, 2.05) is 19.0 Å². The zero-order chi connectivity index (χ0) is 28.3. The molecule has 0 rings (SSSR count). The van der Waals surface area contributed by atoms with Gasteiger partial charge in [-0.15, -0.1) is 0 Å². The minimum atomic E-state index is -0.767. The van der Waals surface area contributed by atoms with E-state index in [0.29, 0.717) is 25.7 Å². The maximum absolute atomic E-state index is 12.4. The van der Waals surface area contributed by atoms with Crippen LogP contribution < -0.4 is 0 Å². The Bertz CT molecular complexity index is 581. The van der Waals surface area contributed by atoms with Crippen LogP contribution in [0.15, 0.2) is 0 Å². The van der Waals surface area contributed by atoms with Crippen molar-refractivity contribution < 1.29 is 28.6 Å². The SMILES string of the molecule is CCCCCCCCCCC(=O)OC[C@H](COC(=O)CCCN(C)C)OC(=O)CCCCCCCCCC. The molecule has 0 saturated carbocycles. The lowest BCUT2D eigenvalue weighted by molar-refractivity contribution is -0.167. The lowest BCUT2D eigenvalue weighted by atomic mass is 10.1. The van der Waals surface area contributed by atoms with Crippen LogP contribution in [0.4, 0.5) is 0 Å². The van der Waals surface area contributed by atoms with Crippen molar-refractivity contribution in [1.29, 1.82) is 0 Å². The highest BCUT2D eigenvalue weighted by molar-refractivity contribution is 5.71. The van der Waals surface area contributed by atoms with Crippen LogP contribution in [0.3, 0.4) is 0 Å². The van der Waals surface area contributed by atoms with Crippen molar-refractivity contribution in [3.8, 4) is 0 Å². The number of hydrogen-bond donors (Lipinski definition) is 0. The molecular weight excluding hydrogens is 482 g/mol. The largest absolute Gasteiger partial charge is 0.462 e. The first-order valence-electron chi connectivity index (χ1n) is 15.5. The molecule has 7 nitrogen and oxygen atoms in total. The standard InChI is InChI=1S/C31H59NO6/c1-5-7-9-11-13-15-17-19-22-29(33)36-26-28(27-37-30(34)24-21-25-32(3)4)38-31(35)23-20-18-16-14-12-10-8-6-2/h28H,5-27H2,1-4H3/t28-/m1/s1. The lowest BCUT2D eigenvalue weighted by Gasteiger charge is -2.18. The summed E-state index contributed by atoms with van der Waals surface area (Å²) in [5.41, 5.74) is 0. The van der Waals surface area contributed by atoms with Crippen LogP contribution in [0.25, 0.3) is 0 Å². The van der Waals surface area contributed by atoms with Crippen molar-refractivity contribution in [3.63, 3.8) is 0 Å². The third-order valence-electron chi connectivity index (χ3n) is 6.61. The van der Waals surface area contributed by atoms with Crippen LogP contribution in [0.1, 0.15) is 142 Å². The highest BCUT2D eigenvalue weighted by Gasteiger charge is 2.19. The van der Waals surface area contributed by atoms with Crippen molar-refractivity contribution in [2.75, 3.05) is 33.9 Å². The van der Waals surface area contributed by atoms with Gasteiger partial charge >= 0.3 is 17.9 Å². The quantitative estimate of drug-likeness (QED) is 0.0609. The Balaban J connectivity index is 4.33. The first kappa shape index (κ1) is 36.4. The molecule has 0 aliphatic rings. The second-order valence-corrected chi connectivity index (χ2v) is 10.8. The summed E-state index contributed by atoms with van der Waals surface area (Å²) in [6.07, 6.45) is 19.4. The van der Waals surface area contributed by atoms with Gasteiger partial charge < -0.3 is 19.1 Å². The maximum atomic E-state index is 12.4. The van der Waals surface area contributed by atoms with E-state index in [1.54, 1.807) is 0 Å². The number of unbranched alkanes of at least 4 members (excludes halogenated alkanes) is 14. The lowest BCUT2D eigenvalue weighted by Crippen LogP contribution is -2.31. The Morgan fingerprint density at radius 2 is 0.895 bits per heavy atom. The van der Waals surface area contributed by atoms with Crippen molar-refractivity contribution in [2.24, 2.45) is 0 Å². The van der Waals surface area contributed by atoms with Crippen molar-refractivity contribution >= 4 is 17.9 Å². The highest BCUT2D eigenvalue weighted by atomic mass is 16.6. The fourth-order valence-corrected chi connectivity index (χ4v) is 4.22. The minimum Gasteiger partial charge on any atom is -0.462 e. The van der Waals surface area contributed by atoms with Gasteiger partial charge in [-0.3, -0.25) is 14.4 Å². The number of carbonyl (C=O) groups excluding carboxylic acids is 3. The highest BCUT2D eigenvalue weighted by Crippen LogP contribution is 2.12. The zero-order valence-electron chi connectivity index (χ0n) is 25.2. The van der Waals surface area contributed by atoms with Gasteiger partial charge in [-0.25, -0.2) is 0 Å². The van der Waals surface area contributed by atoms with E-state index in [-0.39, 0.29) is 31.1 Å². The first-order chi connectivity index (χ1) is 18.4. The molecule has 0 heterocycles. The van der Waals surface area contributed by atoms with Crippen LogP contribution >= 0.6 is 0 Å². The Hall–Kier alpha value is -1.63. The molecule has 0 bridgehead atoms. The third-order valence-corrected chi connectivity index (χ3v) is 6.61. The Morgan fingerprint density at radius 3 is 1.32 bits per heavy atom. The Labute approximate surface area is 233 Å². The van der Waals surface area contributed by atoms with E-state index in [2.05, 4.69) is 13.8 Å². The molecule has 0 radical (unpaired) electrons. The molecule has 0 aromatic rings. The second-order valence-electron chi connectivity index (χ2n) is 10.8. The maximum Gasteiger partial charge on any atom is 0.306 e. The first-order valence-corrected chi connectivity index (χ1v) is 15.5. The molecule has 0 aliphatic heterocycles. The summed E-state index contributed by atoms with van der Waals surface area (Å²) in [6, 6.07) is 0. The molecule has 0 unspecified atom stereocenters. The number of hydrogen-bond acceptors (Lipinski definition) is 7. The molecule has 0 N–H and O–H groups in total. The number of nitrogens with zero attached hydrogens (tertiary/aromatic N) is 1. The average molecular weight is 542 g/mol. The summed E-state index contributed by atoms with van der Waals surface area (Å²) in [6.45, 7) is 5.05. The van der Waals surface area contributed by atoms with Crippen molar-refractivity contribution in [3.05, 3.63) is 0 Å². The summed E-state index contributed by atoms with van der Waals surface area (Å²) < 4.78 is 16.3. The summed E-state index contributed by atoms with van der Waals surface area (Å²) >= 11 is 0. The van der Waals surface area contributed by atoms with E-state index in [4.69, 9.17) is 14.2 Å². The zero-order valence-corrected chi connectivity index (χ0v) is 25.2. The molecule has 1 atom stereocenters. The van der Waals surface area contributed by atoms with Gasteiger partial charge in [0, 0.05) is 19.3 Å². The number of esters is 3. The van der Waals surface area contributed by atoms with Crippen LogP contribution in [0, 0.1) is 0 Å². The van der Waals surface area contributed by atoms with Gasteiger partial charge in [-0.1, -0.05) is 104 Å². The van der Waals surface area contributed by atoms with E-state index in [0.717, 1.165) is 45.1 Å². The molecule has 38 heavy (non-hydrogen) atoms. The fourth-order valence-electron chi connectivity index (χ4n) is 4.22. The summed E-state index contributed by atoms with van der Waals surface area (Å²) in [5.74, 6) is -0.956. The van der Waals surface area contributed by atoms with Gasteiger partial charge in [0.15, 0.2) is 6.10 Å². The van der Waals surface area contributed by atoms with Gasteiger partial charge in [0.1, 0.15) is 13.2 Å². The number of ether oxygens (including phenoxy) is 3. The van der Waals surface area contributed by atoms with Gasteiger partial charge in [0.25, 0.3) is 0 Å². The van der Waals surface area contributed by atoms with E-state index in [9.17, 15) is 14.4 Å². The topological polar surface area (TPSA) is 82.1 Å².